The zero-order chi connectivity index (χ0) is 12.5. The molecule has 3 N–H and O–H groups in total. The van der Waals surface area contributed by atoms with Gasteiger partial charge in [0.1, 0.15) is 11.5 Å². The number of benzene rings is 1. The van der Waals surface area contributed by atoms with E-state index in [4.69, 9.17) is 0 Å². The number of nitrogens with one attached hydrogen (secondary N) is 3. The van der Waals surface area contributed by atoms with Crippen molar-refractivity contribution >= 4 is 11.5 Å². The fourth-order valence-corrected chi connectivity index (χ4v) is 2.10. The van der Waals surface area contributed by atoms with E-state index in [0.29, 0.717) is 24.7 Å². The van der Waals surface area contributed by atoms with E-state index in [1.807, 2.05) is 35.2 Å². The maximum absolute atomic E-state index is 11.8. The van der Waals surface area contributed by atoms with E-state index in [1.54, 1.807) is 0 Å². The molecule has 0 atom stereocenters. The van der Waals surface area contributed by atoms with Crippen molar-refractivity contribution in [2.75, 3.05) is 16.9 Å². The van der Waals surface area contributed by atoms with Gasteiger partial charge in [-0.05, 0) is 5.56 Å². The first-order valence-corrected chi connectivity index (χ1v) is 5.63. The minimum absolute atomic E-state index is 0.366. The van der Waals surface area contributed by atoms with Crippen LogP contribution in [0.1, 0.15) is 5.56 Å². The van der Waals surface area contributed by atoms with Gasteiger partial charge in [-0.2, -0.15) is 0 Å². The molecule has 0 unspecified atom stereocenters. The van der Waals surface area contributed by atoms with Gasteiger partial charge in [0.25, 0.3) is 5.56 Å². The van der Waals surface area contributed by atoms with Crippen molar-refractivity contribution < 1.29 is 0 Å². The van der Waals surface area contributed by atoms with Crippen molar-refractivity contribution in [3.8, 4) is 0 Å². The highest BCUT2D eigenvalue weighted by molar-refractivity contribution is 5.69. The molecule has 0 radical (unpaired) electrons. The van der Waals surface area contributed by atoms with Gasteiger partial charge in [-0.1, -0.05) is 30.3 Å². The Kier molecular flexibility index (Phi) is 2.40. The van der Waals surface area contributed by atoms with Gasteiger partial charge in [-0.3, -0.25) is 14.8 Å². The fourth-order valence-electron chi connectivity index (χ4n) is 2.10. The molecule has 0 aliphatic carbocycles. The van der Waals surface area contributed by atoms with Gasteiger partial charge in [0.15, 0.2) is 0 Å². The minimum atomic E-state index is -0.493. The Bertz CT molecular complexity index is 674. The van der Waals surface area contributed by atoms with E-state index in [1.165, 1.54) is 0 Å². The zero-order valence-electron chi connectivity index (χ0n) is 9.56. The van der Waals surface area contributed by atoms with Crippen LogP contribution in [0.5, 0.6) is 0 Å². The highest BCUT2D eigenvalue weighted by Gasteiger charge is 2.23. The summed E-state index contributed by atoms with van der Waals surface area (Å²) in [5, 5.41) is 3.00. The summed E-state index contributed by atoms with van der Waals surface area (Å²) in [5.74, 6) is 0.486. The van der Waals surface area contributed by atoms with E-state index in [9.17, 15) is 9.59 Å². The number of hydrogen-bond acceptors (Lipinski definition) is 4. The van der Waals surface area contributed by atoms with Crippen LogP contribution in [0.25, 0.3) is 0 Å². The molecule has 0 amide bonds. The van der Waals surface area contributed by atoms with Crippen LogP contribution < -0.4 is 21.5 Å². The van der Waals surface area contributed by atoms with E-state index < -0.39 is 5.69 Å². The molecule has 6 nitrogen and oxygen atoms in total. The van der Waals surface area contributed by atoms with Gasteiger partial charge in [-0.25, -0.2) is 4.79 Å². The van der Waals surface area contributed by atoms with Crippen LogP contribution in [0.2, 0.25) is 0 Å². The van der Waals surface area contributed by atoms with Crippen LogP contribution in [-0.2, 0) is 6.54 Å². The fraction of sp³-hybridized carbons (Fsp3) is 0.167. The number of nitrogens with zero attached hydrogens (tertiary/aromatic N) is 1. The molecule has 1 aliphatic rings. The standard InChI is InChI=1S/C12H12N4O2/c17-11-9-10(14-12(18)15-11)13-7-16(9)6-8-4-2-1-3-5-8/h1-5H,6-7H2,(H3,13,14,15,17,18). The van der Waals surface area contributed by atoms with Gasteiger partial charge in [0, 0.05) is 6.54 Å². The van der Waals surface area contributed by atoms with Crippen LogP contribution in [0.4, 0.5) is 11.5 Å². The molecule has 3 rings (SSSR count). The Morgan fingerprint density at radius 1 is 1.11 bits per heavy atom. The van der Waals surface area contributed by atoms with Crippen LogP contribution >= 0.6 is 0 Å². The lowest BCUT2D eigenvalue weighted by molar-refractivity contribution is 0.863. The first-order valence-electron chi connectivity index (χ1n) is 5.63. The van der Waals surface area contributed by atoms with Crippen molar-refractivity contribution in [3.63, 3.8) is 0 Å². The molecule has 1 aliphatic heterocycles. The van der Waals surface area contributed by atoms with Gasteiger partial charge >= 0.3 is 5.69 Å². The third kappa shape index (κ3) is 1.77. The summed E-state index contributed by atoms with van der Waals surface area (Å²) in [4.78, 5) is 29.6. The monoisotopic (exact) mass is 244 g/mol. The topological polar surface area (TPSA) is 81.0 Å². The number of rotatable bonds is 2. The number of aromatic amines is 2. The van der Waals surface area contributed by atoms with Crippen molar-refractivity contribution in [1.29, 1.82) is 0 Å². The molecule has 1 aromatic carbocycles. The SMILES string of the molecule is O=c1[nH]c2c(c(=O)[nH]1)N(Cc1ccccc1)CN2. The molecule has 92 valence electrons. The lowest BCUT2D eigenvalue weighted by Crippen LogP contribution is -2.29. The molecule has 6 heteroatoms. The summed E-state index contributed by atoms with van der Waals surface area (Å²) >= 11 is 0. The van der Waals surface area contributed by atoms with Crippen molar-refractivity contribution in [3.05, 3.63) is 56.7 Å². The largest absolute Gasteiger partial charge is 0.352 e. The summed E-state index contributed by atoms with van der Waals surface area (Å²) in [6.07, 6.45) is 0. The van der Waals surface area contributed by atoms with Crippen molar-refractivity contribution in [2.24, 2.45) is 0 Å². The molecular formula is C12H12N4O2. The number of anilines is 2. The quantitative estimate of drug-likeness (QED) is 0.716. The Balaban J connectivity index is 1.96. The molecule has 0 bridgehead atoms. The van der Waals surface area contributed by atoms with Crippen molar-refractivity contribution in [2.45, 2.75) is 6.54 Å². The van der Waals surface area contributed by atoms with E-state index in [2.05, 4.69) is 15.3 Å². The third-order valence-electron chi connectivity index (χ3n) is 2.90. The van der Waals surface area contributed by atoms with Gasteiger partial charge < -0.3 is 10.2 Å². The predicted molar refractivity (Wildman–Crippen MR) is 68.8 cm³/mol. The lowest BCUT2D eigenvalue weighted by Gasteiger charge is -2.16. The smallest absolute Gasteiger partial charge is 0.327 e. The molecule has 0 spiro atoms. The summed E-state index contributed by atoms with van der Waals surface area (Å²) in [6.45, 7) is 1.13. The minimum Gasteiger partial charge on any atom is -0.352 e. The van der Waals surface area contributed by atoms with E-state index in [-0.39, 0.29) is 5.56 Å². The van der Waals surface area contributed by atoms with Gasteiger partial charge in [0.2, 0.25) is 0 Å². The average Bonchev–Trinajstić information content (AvgIpc) is 2.73. The Hall–Kier alpha value is -2.50. The number of H-pyrrole nitrogens is 2. The van der Waals surface area contributed by atoms with Gasteiger partial charge in [0.05, 0.1) is 6.67 Å². The third-order valence-corrected chi connectivity index (χ3v) is 2.90. The molecule has 0 saturated carbocycles. The number of fused-ring (bicyclic) bond motifs is 1. The predicted octanol–water partition coefficient (Wildman–Crippen LogP) is 0.453. The molecule has 2 heterocycles. The molecule has 18 heavy (non-hydrogen) atoms. The highest BCUT2D eigenvalue weighted by atomic mass is 16.2. The summed E-state index contributed by atoms with van der Waals surface area (Å²) < 4.78 is 0. The maximum Gasteiger partial charge on any atom is 0.327 e. The normalized spacial score (nSPS) is 13.2. The Morgan fingerprint density at radius 3 is 2.67 bits per heavy atom. The number of hydrogen-bond donors (Lipinski definition) is 3. The Morgan fingerprint density at radius 2 is 1.89 bits per heavy atom. The molecule has 1 aromatic heterocycles. The first-order chi connectivity index (χ1) is 8.74. The first kappa shape index (κ1) is 10.6. The Labute approximate surface area is 102 Å². The maximum atomic E-state index is 11.8. The van der Waals surface area contributed by atoms with E-state index in [0.717, 1.165) is 5.56 Å². The van der Waals surface area contributed by atoms with Crippen LogP contribution in [0, 0.1) is 0 Å². The van der Waals surface area contributed by atoms with Crippen molar-refractivity contribution in [1.82, 2.24) is 9.97 Å². The second kappa shape index (κ2) is 4.06. The zero-order valence-corrected chi connectivity index (χ0v) is 9.56. The molecule has 2 aromatic rings. The molecule has 0 saturated heterocycles. The second-order valence-electron chi connectivity index (χ2n) is 4.15. The van der Waals surface area contributed by atoms with Crippen LogP contribution in [0.3, 0.4) is 0 Å². The highest BCUT2D eigenvalue weighted by Crippen LogP contribution is 2.24. The number of aromatic nitrogens is 2. The van der Waals surface area contributed by atoms with Crippen LogP contribution in [0.15, 0.2) is 39.9 Å². The average molecular weight is 244 g/mol. The summed E-state index contributed by atoms with van der Waals surface area (Å²) in [5.41, 5.74) is 0.735. The summed E-state index contributed by atoms with van der Waals surface area (Å²) in [7, 11) is 0. The molecular weight excluding hydrogens is 232 g/mol. The van der Waals surface area contributed by atoms with Gasteiger partial charge in [-0.15, -0.1) is 0 Å². The second-order valence-corrected chi connectivity index (χ2v) is 4.15. The molecule has 0 fully saturated rings. The summed E-state index contributed by atoms with van der Waals surface area (Å²) in [6, 6.07) is 9.85. The van der Waals surface area contributed by atoms with Crippen LogP contribution in [-0.4, -0.2) is 16.6 Å². The van der Waals surface area contributed by atoms with E-state index >= 15 is 0 Å². The lowest BCUT2D eigenvalue weighted by atomic mass is 10.2.